The van der Waals surface area contributed by atoms with E-state index in [1.165, 1.54) is 12.1 Å². The summed E-state index contributed by atoms with van der Waals surface area (Å²) < 4.78 is 0. The Bertz CT molecular complexity index is 515. The zero-order chi connectivity index (χ0) is 15.4. The van der Waals surface area contributed by atoms with Crippen molar-refractivity contribution in [2.45, 2.75) is 38.6 Å². The molecule has 0 aliphatic heterocycles. The molecule has 2 rings (SSSR count). The van der Waals surface area contributed by atoms with Gasteiger partial charge in [0.1, 0.15) is 6.61 Å². The van der Waals surface area contributed by atoms with Crippen molar-refractivity contribution in [3.05, 3.63) is 39.9 Å². The Balaban J connectivity index is 1.88. The van der Waals surface area contributed by atoms with Gasteiger partial charge in [-0.2, -0.15) is 0 Å². The van der Waals surface area contributed by atoms with Gasteiger partial charge in [0.2, 0.25) is 0 Å². The lowest BCUT2D eigenvalue weighted by molar-refractivity contribution is -0.384. The SMILES string of the molecule is C[C@H]1C/C(=N/OCc2ccc([N+](=O)[O-])cc2)C[C@@H](O)C1O. The fourth-order valence-corrected chi connectivity index (χ4v) is 2.30. The maximum atomic E-state index is 10.5. The van der Waals surface area contributed by atoms with Crippen molar-refractivity contribution < 1.29 is 20.0 Å². The number of nitro benzene ring substituents is 1. The summed E-state index contributed by atoms with van der Waals surface area (Å²) in [5.74, 6) is -0.0597. The minimum atomic E-state index is -0.810. The van der Waals surface area contributed by atoms with Crippen LogP contribution >= 0.6 is 0 Å². The highest BCUT2D eigenvalue weighted by atomic mass is 16.6. The minimum absolute atomic E-state index is 0.0308. The first-order valence-corrected chi connectivity index (χ1v) is 6.74. The zero-order valence-corrected chi connectivity index (χ0v) is 11.7. The van der Waals surface area contributed by atoms with Crippen LogP contribution in [0.4, 0.5) is 5.69 Å². The van der Waals surface area contributed by atoms with Gasteiger partial charge in [-0.25, -0.2) is 0 Å². The maximum absolute atomic E-state index is 10.5. The molecule has 1 aromatic rings. The van der Waals surface area contributed by atoms with Gasteiger partial charge in [-0.15, -0.1) is 0 Å². The second-order valence-corrected chi connectivity index (χ2v) is 5.30. The van der Waals surface area contributed by atoms with Gasteiger partial charge in [-0.3, -0.25) is 10.1 Å². The molecular weight excluding hydrogens is 276 g/mol. The van der Waals surface area contributed by atoms with Crippen molar-refractivity contribution in [1.82, 2.24) is 0 Å². The molecule has 0 aromatic heterocycles. The van der Waals surface area contributed by atoms with Gasteiger partial charge in [-0.05, 0) is 30.0 Å². The molecule has 0 amide bonds. The number of non-ortho nitro benzene ring substituents is 1. The van der Waals surface area contributed by atoms with Crippen LogP contribution in [-0.2, 0) is 11.4 Å². The number of rotatable bonds is 4. The molecule has 0 heterocycles. The fraction of sp³-hybridized carbons (Fsp3) is 0.500. The van der Waals surface area contributed by atoms with Gasteiger partial charge in [0.15, 0.2) is 0 Å². The Hall–Kier alpha value is -1.99. The third kappa shape index (κ3) is 3.99. The van der Waals surface area contributed by atoms with E-state index in [0.29, 0.717) is 18.6 Å². The highest BCUT2D eigenvalue weighted by Gasteiger charge is 2.31. The van der Waals surface area contributed by atoms with E-state index < -0.39 is 17.1 Å². The summed E-state index contributed by atoms with van der Waals surface area (Å²) in [6.45, 7) is 2.05. The lowest BCUT2D eigenvalue weighted by Gasteiger charge is -2.29. The molecule has 1 fully saturated rings. The van der Waals surface area contributed by atoms with Crippen LogP contribution in [0, 0.1) is 16.0 Å². The second-order valence-electron chi connectivity index (χ2n) is 5.30. The molecule has 2 N–H and O–H groups in total. The smallest absolute Gasteiger partial charge is 0.269 e. The summed E-state index contributed by atoms with van der Waals surface area (Å²) in [7, 11) is 0. The van der Waals surface area contributed by atoms with Crippen LogP contribution in [-0.4, -0.2) is 33.1 Å². The Kier molecular flexibility index (Phi) is 4.87. The average molecular weight is 294 g/mol. The lowest BCUT2D eigenvalue weighted by Crippen LogP contribution is -2.39. The van der Waals surface area contributed by atoms with Gasteiger partial charge in [0, 0.05) is 18.6 Å². The summed E-state index contributed by atoms with van der Waals surface area (Å²) in [6, 6.07) is 6.05. The molecule has 0 radical (unpaired) electrons. The van der Waals surface area contributed by atoms with Crippen LogP contribution in [0.15, 0.2) is 29.4 Å². The van der Waals surface area contributed by atoms with Gasteiger partial charge in [0.25, 0.3) is 5.69 Å². The van der Waals surface area contributed by atoms with E-state index in [2.05, 4.69) is 5.16 Å². The molecule has 1 aromatic carbocycles. The predicted molar refractivity (Wildman–Crippen MR) is 75.7 cm³/mol. The van der Waals surface area contributed by atoms with Gasteiger partial charge in [-0.1, -0.05) is 12.1 Å². The summed E-state index contributed by atoms with van der Waals surface area (Å²) >= 11 is 0. The fourth-order valence-electron chi connectivity index (χ4n) is 2.30. The molecule has 114 valence electrons. The first kappa shape index (κ1) is 15.4. The van der Waals surface area contributed by atoms with Crippen molar-refractivity contribution in [2.24, 2.45) is 11.1 Å². The number of aliphatic hydroxyl groups is 2. The molecule has 1 saturated carbocycles. The van der Waals surface area contributed by atoms with Crippen molar-refractivity contribution in [3.63, 3.8) is 0 Å². The predicted octanol–water partition coefficient (Wildman–Crippen LogP) is 1.62. The van der Waals surface area contributed by atoms with Crippen LogP contribution in [0.3, 0.4) is 0 Å². The monoisotopic (exact) mass is 294 g/mol. The number of aliphatic hydroxyl groups excluding tert-OH is 2. The number of nitro groups is 1. The highest BCUT2D eigenvalue weighted by Crippen LogP contribution is 2.23. The molecule has 0 spiro atoms. The van der Waals surface area contributed by atoms with Crippen molar-refractivity contribution >= 4 is 11.4 Å². The molecule has 1 aliphatic rings. The number of nitrogens with zero attached hydrogens (tertiary/aromatic N) is 2. The van der Waals surface area contributed by atoms with E-state index in [4.69, 9.17) is 4.84 Å². The van der Waals surface area contributed by atoms with Crippen LogP contribution < -0.4 is 0 Å². The largest absolute Gasteiger partial charge is 0.391 e. The summed E-state index contributed by atoms with van der Waals surface area (Å²) in [4.78, 5) is 15.3. The van der Waals surface area contributed by atoms with Crippen LogP contribution in [0.2, 0.25) is 0 Å². The average Bonchev–Trinajstić information content (AvgIpc) is 2.45. The lowest BCUT2D eigenvalue weighted by atomic mass is 9.84. The molecule has 0 bridgehead atoms. The maximum Gasteiger partial charge on any atom is 0.269 e. The standard InChI is InChI=1S/C14H18N2O5/c1-9-6-11(7-13(17)14(9)18)15-21-8-10-2-4-12(5-3-10)16(19)20/h2-5,9,13-14,17-18H,6-8H2,1H3/b15-11-/t9-,13+,14?/m0/s1. The third-order valence-corrected chi connectivity index (χ3v) is 3.55. The van der Waals surface area contributed by atoms with E-state index in [9.17, 15) is 20.3 Å². The van der Waals surface area contributed by atoms with Crippen LogP contribution in [0.5, 0.6) is 0 Å². The number of hydrogen-bond acceptors (Lipinski definition) is 6. The van der Waals surface area contributed by atoms with Crippen molar-refractivity contribution in [1.29, 1.82) is 0 Å². The Morgan fingerprint density at radius 2 is 2.00 bits per heavy atom. The van der Waals surface area contributed by atoms with Crippen LogP contribution in [0.1, 0.15) is 25.3 Å². The highest BCUT2D eigenvalue weighted by molar-refractivity contribution is 5.85. The number of oxime groups is 1. The Labute approximate surface area is 122 Å². The second kappa shape index (κ2) is 6.64. The van der Waals surface area contributed by atoms with Crippen molar-refractivity contribution in [2.75, 3.05) is 0 Å². The Morgan fingerprint density at radius 3 is 2.57 bits per heavy atom. The van der Waals surface area contributed by atoms with E-state index in [1.54, 1.807) is 12.1 Å². The molecule has 7 heteroatoms. The third-order valence-electron chi connectivity index (χ3n) is 3.55. The number of benzene rings is 1. The van der Waals surface area contributed by atoms with Gasteiger partial charge in [0.05, 0.1) is 22.8 Å². The summed E-state index contributed by atoms with van der Waals surface area (Å²) in [5.41, 5.74) is 1.51. The van der Waals surface area contributed by atoms with E-state index >= 15 is 0 Å². The number of hydrogen-bond donors (Lipinski definition) is 2. The molecule has 1 aliphatic carbocycles. The minimum Gasteiger partial charge on any atom is -0.391 e. The van der Waals surface area contributed by atoms with E-state index in [-0.39, 0.29) is 18.2 Å². The van der Waals surface area contributed by atoms with Crippen LogP contribution in [0.25, 0.3) is 0 Å². The van der Waals surface area contributed by atoms with E-state index in [0.717, 1.165) is 5.56 Å². The molecule has 3 atom stereocenters. The molecule has 7 nitrogen and oxygen atoms in total. The molecule has 1 unspecified atom stereocenters. The van der Waals surface area contributed by atoms with E-state index in [1.807, 2.05) is 6.92 Å². The first-order chi connectivity index (χ1) is 9.97. The molecular formula is C14H18N2O5. The molecule has 21 heavy (non-hydrogen) atoms. The zero-order valence-electron chi connectivity index (χ0n) is 11.7. The molecule has 0 saturated heterocycles. The van der Waals surface area contributed by atoms with Gasteiger partial charge >= 0.3 is 0 Å². The summed E-state index contributed by atoms with van der Waals surface area (Å²) in [5, 5.41) is 33.8. The van der Waals surface area contributed by atoms with Crippen molar-refractivity contribution in [3.8, 4) is 0 Å². The van der Waals surface area contributed by atoms with Gasteiger partial charge < -0.3 is 15.1 Å². The first-order valence-electron chi connectivity index (χ1n) is 6.74. The normalized spacial score (nSPS) is 27.6. The summed E-state index contributed by atoms with van der Waals surface area (Å²) in [6.07, 6.45) is -0.654. The topological polar surface area (TPSA) is 105 Å². The Morgan fingerprint density at radius 1 is 1.33 bits per heavy atom. The quantitative estimate of drug-likeness (QED) is 0.648.